The van der Waals surface area contributed by atoms with Crippen molar-refractivity contribution in [1.82, 2.24) is 14.3 Å². The molecule has 6 nitrogen and oxygen atoms in total. The molecule has 0 aliphatic carbocycles. The van der Waals surface area contributed by atoms with E-state index in [9.17, 15) is 9.59 Å². The summed E-state index contributed by atoms with van der Waals surface area (Å²) in [6.07, 6.45) is 3.31. The number of hydrogen-bond donors (Lipinski definition) is 0. The minimum atomic E-state index is -0.223. The lowest BCUT2D eigenvalue weighted by Gasteiger charge is -2.23. The summed E-state index contributed by atoms with van der Waals surface area (Å²) in [7, 11) is 3.66. The zero-order valence-electron chi connectivity index (χ0n) is 17.7. The Balaban J connectivity index is 1.81. The molecule has 1 saturated heterocycles. The number of pyridine rings is 1. The van der Waals surface area contributed by atoms with Gasteiger partial charge in [-0.2, -0.15) is 0 Å². The Labute approximate surface area is 190 Å². The SMILES string of the molecule is Cc1cccn2c(=O)c(/C=C3/SC(=S)N(C(C)c4ccccc4)C3=O)c(N(C)C)nc12. The topological polar surface area (TPSA) is 57.9 Å². The minimum absolute atomic E-state index is 0.202. The summed E-state index contributed by atoms with van der Waals surface area (Å²) in [5.74, 6) is 0.311. The van der Waals surface area contributed by atoms with E-state index in [4.69, 9.17) is 17.2 Å². The number of aromatic nitrogens is 2. The highest BCUT2D eigenvalue weighted by Crippen LogP contribution is 2.38. The predicted molar refractivity (Wildman–Crippen MR) is 130 cm³/mol. The first-order chi connectivity index (χ1) is 14.8. The molecule has 0 saturated carbocycles. The quantitative estimate of drug-likeness (QED) is 0.442. The van der Waals surface area contributed by atoms with Crippen molar-refractivity contribution >= 4 is 51.7 Å². The zero-order valence-corrected chi connectivity index (χ0v) is 19.3. The van der Waals surface area contributed by atoms with Gasteiger partial charge in [0.2, 0.25) is 0 Å². The van der Waals surface area contributed by atoms with Crippen molar-refractivity contribution in [3.63, 3.8) is 0 Å². The molecule has 31 heavy (non-hydrogen) atoms. The molecule has 2 aromatic heterocycles. The van der Waals surface area contributed by atoms with Crippen molar-refractivity contribution in [2.75, 3.05) is 19.0 Å². The Morgan fingerprint density at radius 1 is 1.13 bits per heavy atom. The number of hydrogen-bond acceptors (Lipinski definition) is 6. The van der Waals surface area contributed by atoms with E-state index in [0.29, 0.717) is 26.3 Å². The van der Waals surface area contributed by atoms with Crippen LogP contribution in [0.15, 0.2) is 58.4 Å². The van der Waals surface area contributed by atoms with Gasteiger partial charge in [-0.3, -0.25) is 18.9 Å². The van der Waals surface area contributed by atoms with Gasteiger partial charge < -0.3 is 4.90 Å². The number of thiocarbonyl (C=S) groups is 1. The lowest BCUT2D eigenvalue weighted by molar-refractivity contribution is -0.123. The molecule has 3 heterocycles. The number of nitrogens with zero attached hydrogens (tertiary/aromatic N) is 4. The molecular weight excluding hydrogens is 428 g/mol. The molecular formula is C23H22N4O2S2. The maximum Gasteiger partial charge on any atom is 0.267 e. The zero-order chi connectivity index (χ0) is 22.3. The van der Waals surface area contributed by atoms with E-state index >= 15 is 0 Å². The van der Waals surface area contributed by atoms with Crippen LogP contribution in [0.2, 0.25) is 0 Å². The third kappa shape index (κ3) is 3.77. The van der Waals surface area contributed by atoms with E-state index in [1.54, 1.807) is 22.1 Å². The molecule has 0 radical (unpaired) electrons. The van der Waals surface area contributed by atoms with Crippen LogP contribution in [0.1, 0.15) is 29.7 Å². The molecule has 1 fully saturated rings. The van der Waals surface area contributed by atoms with Crippen molar-refractivity contribution in [1.29, 1.82) is 0 Å². The van der Waals surface area contributed by atoms with Gasteiger partial charge in [0.15, 0.2) is 0 Å². The van der Waals surface area contributed by atoms with Crippen LogP contribution in [0.3, 0.4) is 0 Å². The van der Waals surface area contributed by atoms with E-state index in [-0.39, 0.29) is 17.5 Å². The predicted octanol–water partition coefficient (Wildman–Crippen LogP) is 4.03. The number of fused-ring (bicyclic) bond motifs is 1. The summed E-state index contributed by atoms with van der Waals surface area (Å²) in [5, 5.41) is 0. The standard InChI is InChI=1S/C23H22N4O2S2/c1-14-9-8-12-26-19(14)24-20(25(3)4)17(21(26)28)13-18-22(29)27(23(30)31-18)15(2)16-10-6-5-7-11-16/h5-13,15H,1-4H3/b18-13+. The summed E-state index contributed by atoms with van der Waals surface area (Å²) >= 11 is 6.73. The Hall–Kier alpha value is -2.97. The highest BCUT2D eigenvalue weighted by Gasteiger charge is 2.36. The average Bonchev–Trinajstić information content (AvgIpc) is 3.03. The molecule has 1 aliphatic heterocycles. The van der Waals surface area contributed by atoms with E-state index < -0.39 is 0 Å². The van der Waals surface area contributed by atoms with Crippen molar-refractivity contribution < 1.29 is 4.79 Å². The molecule has 1 unspecified atom stereocenters. The normalized spacial score (nSPS) is 16.4. The fourth-order valence-electron chi connectivity index (χ4n) is 3.59. The van der Waals surface area contributed by atoms with Crippen molar-refractivity contribution in [3.8, 4) is 0 Å². The molecule has 8 heteroatoms. The number of benzene rings is 1. The van der Waals surface area contributed by atoms with Gasteiger partial charge in [-0.15, -0.1) is 0 Å². The first-order valence-corrected chi connectivity index (χ1v) is 11.0. The van der Waals surface area contributed by atoms with Gasteiger partial charge in [0.1, 0.15) is 15.8 Å². The second-order valence-corrected chi connectivity index (χ2v) is 9.25. The van der Waals surface area contributed by atoms with Crippen LogP contribution in [-0.2, 0) is 4.79 Å². The van der Waals surface area contributed by atoms with Crippen LogP contribution in [0.5, 0.6) is 0 Å². The van der Waals surface area contributed by atoms with E-state index in [1.165, 1.54) is 16.2 Å². The van der Waals surface area contributed by atoms with Gasteiger partial charge >= 0.3 is 0 Å². The second kappa shape index (κ2) is 8.28. The molecule has 158 valence electrons. The van der Waals surface area contributed by atoms with E-state index in [1.807, 2.05) is 70.4 Å². The van der Waals surface area contributed by atoms with Crippen LogP contribution in [0.25, 0.3) is 11.7 Å². The van der Waals surface area contributed by atoms with E-state index in [0.717, 1.165) is 11.1 Å². The van der Waals surface area contributed by atoms with Crippen LogP contribution in [-0.4, -0.2) is 38.6 Å². The lowest BCUT2D eigenvalue weighted by Crippen LogP contribution is -2.31. The highest BCUT2D eigenvalue weighted by molar-refractivity contribution is 8.26. The molecule has 1 aromatic carbocycles. The highest BCUT2D eigenvalue weighted by atomic mass is 32.2. The van der Waals surface area contributed by atoms with Gasteiger partial charge in [-0.25, -0.2) is 4.98 Å². The molecule has 0 spiro atoms. The fraction of sp³-hybridized carbons (Fsp3) is 0.217. The molecule has 0 bridgehead atoms. The minimum Gasteiger partial charge on any atom is -0.362 e. The first kappa shape index (κ1) is 21.3. The Bertz CT molecular complexity index is 1280. The summed E-state index contributed by atoms with van der Waals surface area (Å²) < 4.78 is 1.99. The smallest absolute Gasteiger partial charge is 0.267 e. The average molecular weight is 451 g/mol. The third-order valence-corrected chi connectivity index (χ3v) is 6.59. The second-order valence-electron chi connectivity index (χ2n) is 7.57. The van der Waals surface area contributed by atoms with Crippen molar-refractivity contribution in [3.05, 3.63) is 80.6 Å². The number of anilines is 1. The number of rotatable bonds is 4. The molecule has 1 atom stereocenters. The van der Waals surface area contributed by atoms with Crippen LogP contribution >= 0.6 is 24.0 Å². The molecule has 4 rings (SSSR count). The Kier molecular flexibility index (Phi) is 5.68. The summed E-state index contributed by atoms with van der Waals surface area (Å²) in [4.78, 5) is 35.1. The van der Waals surface area contributed by atoms with Gasteiger partial charge in [0.05, 0.1) is 16.5 Å². The number of amides is 1. The molecule has 1 aliphatic rings. The first-order valence-electron chi connectivity index (χ1n) is 9.81. The maximum absolute atomic E-state index is 13.3. The number of aryl methyl sites for hydroxylation is 1. The largest absolute Gasteiger partial charge is 0.362 e. The summed E-state index contributed by atoms with van der Waals surface area (Å²) in [6.45, 7) is 3.86. The van der Waals surface area contributed by atoms with Crippen molar-refractivity contribution in [2.45, 2.75) is 19.9 Å². The molecule has 0 N–H and O–H groups in total. The summed E-state index contributed by atoms with van der Waals surface area (Å²) in [5.41, 5.74) is 2.63. The Morgan fingerprint density at radius 3 is 2.52 bits per heavy atom. The molecule has 3 aromatic rings. The monoisotopic (exact) mass is 450 g/mol. The maximum atomic E-state index is 13.3. The summed E-state index contributed by atoms with van der Waals surface area (Å²) in [6, 6.07) is 13.3. The van der Waals surface area contributed by atoms with Crippen LogP contribution in [0, 0.1) is 6.92 Å². The van der Waals surface area contributed by atoms with Gasteiger partial charge in [-0.05, 0) is 37.1 Å². The third-order valence-electron chi connectivity index (χ3n) is 5.26. The van der Waals surface area contributed by atoms with Gasteiger partial charge in [-0.1, -0.05) is 60.4 Å². The Morgan fingerprint density at radius 2 is 1.84 bits per heavy atom. The fourth-order valence-corrected chi connectivity index (χ4v) is 4.99. The number of carbonyl (C=O) groups excluding carboxylic acids is 1. The van der Waals surface area contributed by atoms with E-state index in [2.05, 4.69) is 0 Å². The van der Waals surface area contributed by atoms with Crippen LogP contribution in [0.4, 0.5) is 5.82 Å². The van der Waals surface area contributed by atoms with Crippen LogP contribution < -0.4 is 10.5 Å². The van der Waals surface area contributed by atoms with Gasteiger partial charge in [0.25, 0.3) is 11.5 Å². The van der Waals surface area contributed by atoms with Gasteiger partial charge in [0, 0.05) is 20.3 Å². The number of thioether (sulfide) groups is 1. The van der Waals surface area contributed by atoms with Crippen molar-refractivity contribution in [2.24, 2.45) is 0 Å². The molecule has 1 amide bonds. The lowest BCUT2D eigenvalue weighted by atomic mass is 10.1. The number of carbonyl (C=O) groups is 1.